The molecular weight excluding hydrogens is 757 g/mol. The lowest BCUT2D eigenvalue weighted by molar-refractivity contribution is -0.223. The molecule has 0 aromatic heterocycles. The molecule has 0 spiro atoms. The summed E-state index contributed by atoms with van der Waals surface area (Å²) in [4.78, 5) is 20.7. The minimum Gasteiger partial charge on any atom is -0.497 e. The molecule has 1 saturated carbocycles. The number of carbonyl (C=O) groups excluding carboxylic acids is 1. The first-order valence-electron chi connectivity index (χ1n) is 20.2. The lowest BCUT2D eigenvalue weighted by Crippen LogP contribution is -2.64. The first-order valence-corrected chi connectivity index (χ1v) is 21.1. The Hall–Kier alpha value is -4.49. The third kappa shape index (κ3) is 9.85. The molecule has 3 aromatic rings. The van der Waals surface area contributed by atoms with Crippen molar-refractivity contribution in [3.8, 4) is 23.0 Å². The SMILES string of the molecule is C=CCO[C@@]12Oc3ccc(OC(=O)Nc4ccc(OC)cc4OC)cc3[C@H]3[C@H](CCCCO)[C@@H](CCCCO)C=C(C(=NOC(C)(C)C)C[C@@H]1Sc1ccccc1)[C@H]32. The number of fused-ring (bicyclic) bond motifs is 2. The number of benzene rings is 3. The Morgan fingerprint density at radius 3 is 2.41 bits per heavy atom. The minimum atomic E-state index is -1.14. The number of ether oxygens (including phenoxy) is 5. The molecule has 6 rings (SSSR count). The lowest BCUT2D eigenvalue weighted by atomic mass is 9.56. The van der Waals surface area contributed by atoms with E-state index in [4.69, 9.17) is 33.7 Å². The van der Waals surface area contributed by atoms with Gasteiger partial charge in [0.15, 0.2) is 0 Å². The first-order chi connectivity index (χ1) is 28.0. The molecule has 58 heavy (non-hydrogen) atoms. The Morgan fingerprint density at radius 2 is 1.72 bits per heavy atom. The lowest BCUT2D eigenvalue weighted by Gasteiger charge is -2.58. The van der Waals surface area contributed by atoms with Crippen LogP contribution in [-0.2, 0) is 9.57 Å². The van der Waals surface area contributed by atoms with Gasteiger partial charge in [-0.15, -0.1) is 18.3 Å². The van der Waals surface area contributed by atoms with Crippen molar-refractivity contribution in [1.29, 1.82) is 0 Å². The topological polar surface area (TPSA) is 137 Å². The standard InChI is InChI=1S/C46H58N2O9S/c1-7-25-54-46-41(58-33-16-9-8-10-17-33)29-38(48-57-45(2,3)4)35-26-30(15-11-13-23-49)34(18-12-14-24-50)42(43(35)46)36-27-32(20-22-39(36)56-46)55-44(51)47-37-21-19-31(52-5)28-40(37)53-6/h7-10,16-17,19-22,26-28,30,34,41-43,49-50H,1,11-15,18,23-25,29H2,2-6H3,(H,47,51)/t30-,34+,41-,42+,43+,46+/m0/s1. The van der Waals surface area contributed by atoms with Crippen LogP contribution < -0.4 is 24.3 Å². The van der Waals surface area contributed by atoms with Crippen LogP contribution >= 0.6 is 11.8 Å². The van der Waals surface area contributed by atoms with Crippen molar-refractivity contribution >= 4 is 29.3 Å². The number of aliphatic hydroxyl groups is 2. The molecular formula is C46H58N2O9S. The largest absolute Gasteiger partial charge is 0.497 e. The van der Waals surface area contributed by atoms with Crippen LogP contribution in [0.1, 0.15) is 77.2 Å². The number of anilines is 1. The quantitative estimate of drug-likeness (QED) is 0.0647. The van der Waals surface area contributed by atoms with E-state index in [1.54, 1.807) is 49.2 Å². The van der Waals surface area contributed by atoms with Crippen molar-refractivity contribution in [1.82, 2.24) is 0 Å². The van der Waals surface area contributed by atoms with Crippen LogP contribution in [0.15, 0.2) is 101 Å². The van der Waals surface area contributed by atoms with Crippen LogP contribution in [0.3, 0.4) is 0 Å². The van der Waals surface area contributed by atoms with E-state index >= 15 is 0 Å². The molecule has 6 atom stereocenters. The molecule has 312 valence electrons. The third-order valence-corrected chi connectivity index (χ3v) is 12.3. The second kappa shape index (κ2) is 19.5. The van der Waals surface area contributed by atoms with Crippen molar-refractivity contribution in [3.63, 3.8) is 0 Å². The van der Waals surface area contributed by atoms with E-state index in [9.17, 15) is 15.0 Å². The van der Waals surface area contributed by atoms with E-state index in [2.05, 4.69) is 30.1 Å². The van der Waals surface area contributed by atoms with Gasteiger partial charge >= 0.3 is 6.09 Å². The highest BCUT2D eigenvalue weighted by atomic mass is 32.2. The Labute approximate surface area is 346 Å². The predicted molar refractivity (Wildman–Crippen MR) is 227 cm³/mol. The van der Waals surface area contributed by atoms with E-state index in [0.29, 0.717) is 47.9 Å². The zero-order valence-corrected chi connectivity index (χ0v) is 35.1. The average molecular weight is 815 g/mol. The van der Waals surface area contributed by atoms with Gasteiger partial charge in [0.05, 0.1) is 43.4 Å². The third-order valence-electron chi connectivity index (χ3n) is 10.9. The molecule has 0 bridgehead atoms. The van der Waals surface area contributed by atoms with Crippen molar-refractivity contribution in [3.05, 3.63) is 96.6 Å². The maximum Gasteiger partial charge on any atom is 0.417 e. The molecule has 0 unspecified atom stereocenters. The number of aliphatic hydroxyl groups excluding tert-OH is 2. The molecule has 11 nitrogen and oxygen atoms in total. The van der Waals surface area contributed by atoms with Gasteiger partial charge in [0.2, 0.25) is 5.79 Å². The van der Waals surface area contributed by atoms with Crippen molar-refractivity contribution in [2.24, 2.45) is 22.9 Å². The number of carbonyl (C=O) groups is 1. The van der Waals surface area contributed by atoms with Crippen molar-refractivity contribution in [2.45, 2.75) is 93.2 Å². The van der Waals surface area contributed by atoms with Gasteiger partial charge in [0.25, 0.3) is 0 Å². The first kappa shape index (κ1) is 43.1. The van der Waals surface area contributed by atoms with Gasteiger partial charge in [-0.1, -0.05) is 48.3 Å². The normalized spacial score (nSPS) is 24.1. The number of allylic oxidation sites excluding steroid dienone is 1. The number of oxime groups is 1. The van der Waals surface area contributed by atoms with Crippen LogP contribution in [-0.4, -0.2) is 72.7 Å². The van der Waals surface area contributed by atoms with Gasteiger partial charge in [-0.05, 0) is 106 Å². The van der Waals surface area contributed by atoms with Crippen LogP contribution in [0, 0.1) is 17.8 Å². The summed E-state index contributed by atoms with van der Waals surface area (Å²) in [7, 11) is 3.09. The van der Waals surface area contributed by atoms with Crippen LogP contribution in [0.5, 0.6) is 23.0 Å². The van der Waals surface area contributed by atoms with Crippen molar-refractivity contribution in [2.75, 3.05) is 39.4 Å². The number of amides is 1. The molecule has 0 saturated heterocycles. The summed E-state index contributed by atoms with van der Waals surface area (Å²) >= 11 is 1.70. The number of methoxy groups -OCH3 is 2. The monoisotopic (exact) mass is 814 g/mol. The zero-order valence-electron chi connectivity index (χ0n) is 34.3. The van der Waals surface area contributed by atoms with Gasteiger partial charge in [-0.25, -0.2) is 4.79 Å². The Morgan fingerprint density at radius 1 is 0.983 bits per heavy atom. The maximum atomic E-state index is 13.5. The molecule has 3 aromatic carbocycles. The fourth-order valence-electron chi connectivity index (χ4n) is 8.49. The number of hydrogen-bond donors (Lipinski definition) is 3. The van der Waals surface area contributed by atoms with Crippen molar-refractivity contribution < 1.29 is 43.5 Å². The molecule has 3 aliphatic rings. The van der Waals surface area contributed by atoms with Gasteiger partial charge in [0.1, 0.15) is 28.6 Å². The summed E-state index contributed by atoms with van der Waals surface area (Å²) in [5, 5.41) is 27.2. The number of thioether (sulfide) groups is 1. The molecule has 3 N–H and O–H groups in total. The van der Waals surface area contributed by atoms with Gasteiger partial charge in [0, 0.05) is 42.1 Å². The van der Waals surface area contributed by atoms with Crippen LogP contribution in [0.4, 0.5) is 10.5 Å². The maximum absolute atomic E-state index is 13.5. The Balaban J connectivity index is 1.50. The Kier molecular flexibility index (Phi) is 14.5. The number of rotatable bonds is 18. The van der Waals surface area contributed by atoms with Crippen LogP contribution in [0.2, 0.25) is 0 Å². The van der Waals surface area contributed by atoms with Gasteiger partial charge in [-0.2, -0.15) is 0 Å². The van der Waals surface area contributed by atoms with E-state index in [-0.39, 0.29) is 48.7 Å². The van der Waals surface area contributed by atoms with Gasteiger partial charge < -0.3 is 38.7 Å². The summed E-state index contributed by atoms with van der Waals surface area (Å²) in [5.41, 5.74) is 2.69. The fourth-order valence-corrected chi connectivity index (χ4v) is 9.80. The summed E-state index contributed by atoms with van der Waals surface area (Å²) in [6.07, 6.45) is 8.68. The number of nitrogens with one attached hydrogen (secondary N) is 1. The number of hydrogen-bond acceptors (Lipinski definition) is 11. The summed E-state index contributed by atoms with van der Waals surface area (Å²) < 4.78 is 31.1. The predicted octanol–water partition coefficient (Wildman–Crippen LogP) is 9.54. The Bertz CT molecular complexity index is 1930. The second-order valence-corrected chi connectivity index (χ2v) is 17.2. The smallest absolute Gasteiger partial charge is 0.417 e. The second-order valence-electron chi connectivity index (χ2n) is 16.0. The molecule has 1 heterocycles. The molecule has 0 radical (unpaired) electrons. The molecule has 12 heteroatoms. The average Bonchev–Trinajstić information content (AvgIpc) is 3.21. The van der Waals surface area contributed by atoms with E-state index in [1.807, 2.05) is 51.1 Å². The molecule has 1 aliphatic heterocycles. The fraction of sp³-hybridized carbons (Fsp3) is 0.478. The number of unbranched alkanes of at least 4 members (excludes halogenated alkanes) is 2. The molecule has 2 aliphatic carbocycles. The highest BCUT2D eigenvalue weighted by molar-refractivity contribution is 8.00. The van der Waals surface area contributed by atoms with E-state index in [0.717, 1.165) is 47.4 Å². The highest BCUT2D eigenvalue weighted by Gasteiger charge is 2.64. The summed E-state index contributed by atoms with van der Waals surface area (Å²) in [6, 6.07) is 20.9. The zero-order chi connectivity index (χ0) is 41.3. The summed E-state index contributed by atoms with van der Waals surface area (Å²) in [6.45, 7) is 10.5. The highest BCUT2D eigenvalue weighted by Crippen LogP contribution is 2.63. The molecule has 1 amide bonds. The van der Waals surface area contributed by atoms with E-state index < -0.39 is 17.5 Å². The minimum absolute atomic E-state index is 0.0891. The van der Waals surface area contributed by atoms with E-state index in [1.165, 1.54) is 7.11 Å². The summed E-state index contributed by atoms with van der Waals surface area (Å²) in [5.74, 6) is 0.578. The number of nitrogens with zero attached hydrogens (tertiary/aromatic N) is 1. The molecule has 1 fully saturated rings. The van der Waals surface area contributed by atoms with Crippen LogP contribution in [0.25, 0.3) is 0 Å². The van der Waals surface area contributed by atoms with Gasteiger partial charge in [-0.3, -0.25) is 5.32 Å².